The van der Waals surface area contributed by atoms with E-state index >= 15 is 0 Å². The van der Waals surface area contributed by atoms with Crippen LogP contribution in [0.4, 0.5) is 5.69 Å². The number of rotatable bonds is 3. The highest BCUT2D eigenvalue weighted by molar-refractivity contribution is 6.01. The van der Waals surface area contributed by atoms with Gasteiger partial charge in [-0.2, -0.15) is 0 Å². The van der Waals surface area contributed by atoms with E-state index in [-0.39, 0.29) is 30.2 Å². The molecule has 32 heavy (non-hydrogen) atoms. The van der Waals surface area contributed by atoms with Crippen LogP contribution in [0.5, 0.6) is 11.5 Å². The summed E-state index contributed by atoms with van der Waals surface area (Å²) in [4.78, 5) is 30.1. The van der Waals surface area contributed by atoms with E-state index in [9.17, 15) is 9.59 Å². The number of likely N-dealkylation sites (tertiary alicyclic amines) is 1. The molecule has 3 aliphatic rings. The van der Waals surface area contributed by atoms with Crippen molar-refractivity contribution in [2.45, 2.75) is 45.6 Å². The zero-order valence-corrected chi connectivity index (χ0v) is 18.8. The van der Waals surface area contributed by atoms with Crippen molar-refractivity contribution in [1.29, 1.82) is 0 Å². The molecule has 3 heterocycles. The van der Waals surface area contributed by atoms with Crippen LogP contribution in [0.3, 0.4) is 0 Å². The van der Waals surface area contributed by atoms with Gasteiger partial charge in [0.25, 0.3) is 0 Å². The normalized spacial score (nSPS) is 22.9. The minimum atomic E-state index is -0.302. The monoisotopic (exact) mass is 434 g/mol. The van der Waals surface area contributed by atoms with E-state index in [4.69, 9.17) is 9.47 Å². The number of benzene rings is 2. The maximum atomic E-state index is 13.5. The number of nitrogens with zero attached hydrogens (tertiary/aromatic N) is 2. The van der Waals surface area contributed by atoms with Crippen molar-refractivity contribution >= 4 is 17.5 Å². The Morgan fingerprint density at radius 2 is 1.84 bits per heavy atom. The van der Waals surface area contributed by atoms with Gasteiger partial charge >= 0.3 is 0 Å². The van der Waals surface area contributed by atoms with E-state index < -0.39 is 0 Å². The van der Waals surface area contributed by atoms with E-state index in [1.807, 2.05) is 55.1 Å². The highest BCUT2D eigenvalue weighted by atomic mass is 16.5. The van der Waals surface area contributed by atoms with E-state index in [0.29, 0.717) is 19.8 Å². The van der Waals surface area contributed by atoms with Crippen LogP contribution in [-0.2, 0) is 9.59 Å². The molecule has 2 unspecified atom stereocenters. The number of ether oxygens (including phenoxy) is 2. The van der Waals surface area contributed by atoms with Gasteiger partial charge in [0, 0.05) is 31.6 Å². The smallest absolute Gasteiger partial charge is 0.228 e. The molecule has 2 aromatic carbocycles. The Balaban J connectivity index is 1.35. The Kier molecular flexibility index (Phi) is 5.53. The molecular weight excluding hydrogens is 404 g/mol. The van der Waals surface area contributed by atoms with Gasteiger partial charge in [0.05, 0.1) is 25.2 Å². The maximum Gasteiger partial charge on any atom is 0.228 e. The fourth-order valence-electron chi connectivity index (χ4n) is 5.13. The van der Waals surface area contributed by atoms with Crippen LogP contribution in [0.25, 0.3) is 0 Å². The molecule has 6 nitrogen and oxygen atoms in total. The number of amides is 2. The quantitative estimate of drug-likeness (QED) is 0.727. The molecule has 5 rings (SSSR count). The number of aryl methyl sites for hydroxylation is 1. The lowest BCUT2D eigenvalue weighted by Gasteiger charge is -2.28. The highest BCUT2D eigenvalue weighted by Crippen LogP contribution is 2.39. The van der Waals surface area contributed by atoms with Crippen LogP contribution in [0.15, 0.2) is 36.4 Å². The molecule has 0 spiro atoms. The Bertz CT molecular complexity index is 1050. The summed E-state index contributed by atoms with van der Waals surface area (Å²) < 4.78 is 11.6. The molecule has 2 atom stereocenters. The summed E-state index contributed by atoms with van der Waals surface area (Å²) in [6.07, 6.45) is 3.03. The molecule has 2 aromatic rings. The lowest BCUT2D eigenvalue weighted by molar-refractivity contribution is -0.136. The summed E-state index contributed by atoms with van der Waals surface area (Å²) >= 11 is 0. The Hall–Kier alpha value is -3.02. The Morgan fingerprint density at radius 1 is 1.03 bits per heavy atom. The third-order valence-electron chi connectivity index (χ3n) is 7.03. The molecule has 0 saturated carbocycles. The third-order valence-corrected chi connectivity index (χ3v) is 7.03. The molecule has 2 fully saturated rings. The van der Waals surface area contributed by atoms with Gasteiger partial charge in [0.2, 0.25) is 11.8 Å². The summed E-state index contributed by atoms with van der Waals surface area (Å²) in [6.45, 7) is 6.56. The summed E-state index contributed by atoms with van der Waals surface area (Å²) in [5.74, 6) is 1.34. The van der Waals surface area contributed by atoms with Crippen molar-refractivity contribution in [2.24, 2.45) is 5.92 Å². The zero-order chi connectivity index (χ0) is 22.2. The van der Waals surface area contributed by atoms with Gasteiger partial charge in [-0.25, -0.2) is 0 Å². The maximum absolute atomic E-state index is 13.5. The lowest BCUT2D eigenvalue weighted by atomic mass is 10.0. The van der Waals surface area contributed by atoms with Crippen molar-refractivity contribution in [3.63, 3.8) is 0 Å². The molecule has 0 bridgehead atoms. The van der Waals surface area contributed by atoms with Gasteiger partial charge in [-0.1, -0.05) is 18.2 Å². The molecule has 168 valence electrons. The van der Waals surface area contributed by atoms with Gasteiger partial charge in [-0.3, -0.25) is 9.59 Å². The first-order valence-electron chi connectivity index (χ1n) is 11.6. The van der Waals surface area contributed by atoms with Crippen molar-refractivity contribution in [1.82, 2.24) is 4.90 Å². The number of anilines is 1. The Morgan fingerprint density at radius 3 is 2.69 bits per heavy atom. The van der Waals surface area contributed by atoms with Crippen molar-refractivity contribution in [3.05, 3.63) is 53.1 Å². The third kappa shape index (κ3) is 3.72. The molecule has 0 aromatic heterocycles. The molecule has 0 aliphatic carbocycles. The average Bonchev–Trinajstić information content (AvgIpc) is 3.36. The SMILES string of the molecule is Cc1cccc(N2CC(C(=O)N3CCCC3c3ccc4c(c3)OCCCO4)CC2=O)c1C. The van der Waals surface area contributed by atoms with E-state index in [0.717, 1.165) is 59.7 Å². The second kappa shape index (κ2) is 8.49. The van der Waals surface area contributed by atoms with Crippen molar-refractivity contribution in [2.75, 3.05) is 31.2 Å². The molecule has 2 saturated heterocycles. The standard InChI is InChI=1S/C26H30N2O4/c1-17-6-3-7-21(18(17)2)28-16-20(15-25(28)29)26(30)27-11-4-8-22(27)19-9-10-23-24(14-19)32-13-5-12-31-23/h3,6-7,9-10,14,20,22H,4-5,8,11-13,15-16H2,1-2H3. The molecule has 2 amide bonds. The van der Waals surface area contributed by atoms with Gasteiger partial charge in [-0.15, -0.1) is 0 Å². The second-order valence-electron chi connectivity index (χ2n) is 9.07. The number of hydrogen-bond acceptors (Lipinski definition) is 4. The van der Waals surface area contributed by atoms with Gasteiger partial charge in [0.1, 0.15) is 0 Å². The van der Waals surface area contributed by atoms with Crippen LogP contribution >= 0.6 is 0 Å². The summed E-state index contributed by atoms with van der Waals surface area (Å²) in [6, 6.07) is 12.0. The lowest BCUT2D eigenvalue weighted by Crippen LogP contribution is -2.37. The first-order chi connectivity index (χ1) is 15.5. The van der Waals surface area contributed by atoms with Crippen LogP contribution < -0.4 is 14.4 Å². The number of carbonyl (C=O) groups is 2. The molecule has 3 aliphatic heterocycles. The summed E-state index contributed by atoms with van der Waals surface area (Å²) in [5, 5.41) is 0. The zero-order valence-electron chi connectivity index (χ0n) is 18.8. The van der Waals surface area contributed by atoms with Crippen LogP contribution in [-0.4, -0.2) is 43.0 Å². The van der Waals surface area contributed by atoms with E-state index in [1.165, 1.54) is 0 Å². The van der Waals surface area contributed by atoms with E-state index in [1.54, 1.807) is 4.90 Å². The van der Waals surface area contributed by atoms with Gasteiger partial charge in [0.15, 0.2) is 11.5 Å². The van der Waals surface area contributed by atoms with E-state index in [2.05, 4.69) is 0 Å². The highest BCUT2D eigenvalue weighted by Gasteiger charge is 2.41. The Labute approximate surface area is 189 Å². The number of hydrogen-bond donors (Lipinski definition) is 0. The largest absolute Gasteiger partial charge is 0.490 e. The molecular formula is C26H30N2O4. The van der Waals surface area contributed by atoms with Crippen LogP contribution in [0, 0.1) is 19.8 Å². The summed E-state index contributed by atoms with van der Waals surface area (Å²) in [5.41, 5.74) is 4.25. The predicted octanol–water partition coefficient (Wildman–Crippen LogP) is 4.18. The molecule has 0 N–H and O–H groups in total. The van der Waals surface area contributed by atoms with Crippen LogP contribution in [0.2, 0.25) is 0 Å². The fourth-order valence-corrected chi connectivity index (χ4v) is 5.13. The predicted molar refractivity (Wildman–Crippen MR) is 122 cm³/mol. The fraction of sp³-hybridized carbons (Fsp3) is 0.462. The first kappa shape index (κ1) is 20.9. The molecule has 6 heteroatoms. The number of carbonyl (C=O) groups excluding carboxylic acids is 2. The first-order valence-corrected chi connectivity index (χ1v) is 11.6. The van der Waals surface area contributed by atoms with Crippen LogP contribution in [0.1, 0.15) is 48.4 Å². The minimum Gasteiger partial charge on any atom is -0.490 e. The number of fused-ring (bicyclic) bond motifs is 1. The second-order valence-corrected chi connectivity index (χ2v) is 9.07. The van der Waals surface area contributed by atoms with Crippen molar-refractivity contribution in [3.8, 4) is 11.5 Å². The van der Waals surface area contributed by atoms with Crippen molar-refractivity contribution < 1.29 is 19.1 Å². The van der Waals surface area contributed by atoms with Gasteiger partial charge in [-0.05, 0) is 61.6 Å². The molecule has 0 radical (unpaired) electrons. The minimum absolute atomic E-state index is 0.0181. The average molecular weight is 435 g/mol. The van der Waals surface area contributed by atoms with Gasteiger partial charge < -0.3 is 19.3 Å². The topological polar surface area (TPSA) is 59.1 Å². The summed E-state index contributed by atoms with van der Waals surface area (Å²) in [7, 11) is 0.